The van der Waals surface area contributed by atoms with Gasteiger partial charge in [-0.3, -0.25) is 4.21 Å². The first-order valence-corrected chi connectivity index (χ1v) is 5.35. The molecule has 0 aliphatic heterocycles. The maximum atomic E-state index is 12.0. The summed E-state index contributed by atoms with van der Waals surface area (Å²) in [4.78, 5) is 0.394. The number of aryl methyl sites for hydroxylation is 1. The van der Waals surface area contributed by atoms with E-state index < -0.39 is 23.0 Å². The van der Waals surface area contributed by atoms with Gasteiger partial charge < -0.3 is 5.73 Å². The highest BCUT2D eigenvalue weighted by Crippen LogP contribution is 2.17. The Kier molecular flexibility index (Phi) is 3.57. The second kappa shape index (κ2) is 4.50. The van der Waals surface area contributed by atoms with Crippen LogP contribution in [0.2, 0.25) is 0 Å². The van der Waals surface area contributed by atoms with E-state index in [9.17, 15) is 13.0 Å². The second-order valence-electron chi connectivity index (χ2n) is 2.93. The van der Waals surface area contributed by atoms with Gasteiger partial charge in [0.05, 0.1) is 16.6 Å². The monoisotopic (exact) mass is 219 g/mol. The number of anilines is 1. The third-order valence-electron chi connectivity index (χ3n) is 1.73. The van der Waals surface area contributed by atoms with Crippen LogP contribution >= 0.6 is 0 Å². The van der Waals surface area contributed by atoms with Crippen LogP contribution in [0.25, 0.3) is 0 Å². The molecule has 78 valence electrons. The van der Waals surface area contributed by atoms with Gasteiger partial charge in [-0.1, -0.05) is 6.07 Å². The number of nitrogens with two attached hydrogens (primary N) is 1. The van der Waals surface area contributed by atoms with Crippen LogP contribution in [0, 0.1) is 6.92 Å². The van der Waals surface area contributed by atoms with E-state index in [1.165, 1.54) is 6.07 Å². The molecule has 2 nitrogen and oxygen atoms in total. The molecule has 0 amide bonds. The van der Waals surface area contributed by atoms with Crippen molar-refractivity contribution >= 4 is 16.5 Å². The zero-order valence-corrected chi connectivity index (χ0v) is 8.48. The Hall–Kier alpha value is -0.970. The molecule has 0 heterocycles. The molecule has 0 aliphatic carbocycles. The van der Waals surface area contributed by atoms with E-state index in [4.69, 9.17) is 5.73 Å². The van der Waals surface area contributed by atoms with E-state index in [2.05, 4.69) is 0 Å². The summed E-state index contributed by atoms with van der Waals surface area (Å²) in [6.45, 7) is 1.72. The predicted molar refractivity (Wildman–Crippen MR) is 52.9 cm³/mol. The summed E-state index contributed by atoms with van der Waals surface area (Å²) in [5, 5.41) is 0. The van der Waals surface area contributed by atoms with Crippen molar-refractivity contribution in [2.24, 2.45) is 0 Å². The Labute approximate surface area is 83.6 Å². The minimum Gasteiger partial charge on any atom is -0.399 e. The molecule has 0 aromatic heterocycles. The Morgan fingerprint density at radius 1 is 1.50 bits per heavy atom. The molecule has 1 rings (SSSR count). The van der Waals surface area contributed by atoms with Gasteiger partial charge >= 0.3 is 0 Å². The third-order valence-corrected chi connectivity index (χ3v) is 3.22. The van der Waals surface area contributed by atoms with Crippen LogP contribution in [0.1, 0.15) is 5.56 Å². The molecule has 14 heavy (non-hydrogen) atoms. The lowest BCUT2D eigenvalue weighted by molar-refractivity contribution is 0.175. The number of nitrogen functional groups attached to an aromatic ring is 1. The van der Waals surface area contributed by atoms with Gasteiger partial charge in [0.1, 0.15) is 0 Å². The van der Waals surface area contributed by atoms with Crippen LogP contribution in [-0.4, -0.2) is 16.4 Å². The predicted octanol–water partition coefficient (Wildman–Crippen LogP) is 1.95. The molecule has 0 aliphatic rings. The lowest BCUT2D eigenvalue weighted by Gasteiger charge is -2.06. The molecule has 0 saturated heterocycles. The van der Waals surface area contributed by atoms with Crippen LogP contribution in [0.4, 0.5) is 14.5 Å². The van der Waals surface area contributed by atoms with Crippen LogP contribution < -0.4 is 5.73 Å². The smallest absolute Gasteiger partial charge is 0.250 e. The van der Waals surface area contributed by atoms with E-state index in [1.807, 2.05) is 0 Å². The van der Waals surface area contributed by atoms with Crippen molar-refractivity contribution in [1.82, 2.24) is 0 Å². The maximum absolute atomic E-state index is 12.0. The number of benzene rings is 1. The summed E-state index contributed by atoms with van der Waals surface area (Å²) in [7, 11) is -1.67. The van der Waals surface area contributed by atoms with Crippen LogP contribution in [0.5, 0.6) is 0 Å². The van der Waals surface area contributed by atoms with Gasteiger partial charge in [-0.25, -0.2) is 8.78 Å². The summed E-state index contributed by atoms with van der Waals surface area (Å²) in [5.74, 6) is -0.635. The average molecular weight is 219 g/mol. The minimum absolute atomic E-state index is 0.394. The Bertz CT molecular complexity index is 355. The third kappa shape index (κ3) is 2.77. The van der Waals surface area contributed by atoms with Gasteiger partial charge in [-0.05, 0) is 24.6 Å². The fourth-order valence-corrected chi connectivity index (χ4v) is 2.17. The van der Waals surface area contributed by atoms with Gasteiger partial charge in [0.15, 0.2) is 0 Å². The molecule has 0 saturated carbocycles. The van der Waals surface area contributed by atoms with Crippen LogP contribution in [-0.2, 0) is 10.8 Å². The normalized spacial score (nSPS) is 13.1. The van der Waals surface area contributed by atoms with Gasteiger partial charge in [0, 0.05) is 10.6 Å². The Morgan fingerprint density at radius 3 is 2.71 bits per heavy atom. The zero-order valence-electron chi connectivity index (χ0n) is 7.67. The summed E-state index contributed by atoms with van der Waals surface area (Å²) in [5.41, 5.74) is 6.63. The number of rotatable bonds is 3. The van der Waals surface area contributed by atoms with Crippen molar-refractivity contribution in [2.75, 3.05) is 11.5 Å². The molecule has 1 atom stereocenters. The fraction of sp³-hybridized carbons (Fsp3) is 0.333. The highest BCUT2D eigenvalue weighted by atomic mass is 32.2. The number of hydrogen-bond acceptors (Lipinski definition) is 2. The van der Waals surface area contributed by atoms with Crippen molar-refractivity contribution in [3.8, 4) is 0 Å². The first-order valence-electron chi connectivity index (χ1n) is 4.03. The maximum Gasteiger partial charge on any atom is 0.250 e. The lowest BCUT2D eigenvalue weighted by atomic mass is 10.2. The van der Waals surface area contributed by atoms with E-state index in [0.29, 0.717) is 10.6 Å². The summed E-state index contributed by atoms with van der Waals surface area (Å²) in [6, 6.07) is 4.81. The second-order valence-corrected chi connectivity index (χ2v) is 4.39. The SMILES string of the molecule is Cc1ccc(N)cc1S(=O)CC(F)F. The zero-order chi connectivity index (χ0) is 10.7. The summed E-state index contributed by atoms with van der Waals surface area (Å²) >= 11 is 0. The topological polar surface area (TPSA) is 43.1 Å². The molecular formula is C9H11F2NOS. The van der Waals surface area contributed by atoms with E-state index in [1.54, 1.807) is 19.1 Å². The van der Waals surface area contributed by atoms with Gasteiger partial charge in [0.2, 0.25) is 6.43 Å². The van der Waals surface area contributed by atoms with Gasteiger partial charge in [0.25, 0.3) is 0 Å². The number of halogens is 2. The van der Waals surface area contributed by atoms with E-state index >= 15 is 0 Å². The van der Waals surface area contributed by atoms with Gasteiger partial charge in [-0.15, -0.1) is 0 Å². The molecule has 0 spiro atoms. The van der Waals surface area contributed by atoms with Crippen molar-refractivity contribution in [3.05, 3.63) is 23.8 Å². The molecule has 0 fully saturated rings. The molecule has 1 unspecified atom stereocenters. The number of hydrogen-bond donors (Lipinski definition) is 1. The van der Waals surface area contributed by atoms with E-state index in [-0.39, 0.29) is 0 Å². The van der Waals surface area contributed by atoms with Crippen LogP contribution in [0.3, 0.4) is 0 Å². The minimum atomic E-state index is -2.56. The van der Waals surface area contributed by atoms with E-state index in [0.717, 1.165) is 5.56 Å². The summed E-state index contributed by atoms with van der Waals surface area (Å²) in [6.07, 6.45) is -2.56. The fourth-order valence-electron chi connectivity index (χ4n) is 1.07. The number of alkyl halides is 2. The quantitative estimate of drug-likeness (QED) is 0.789. The standard InChI is InChI=1S/C9H11F2NOS/c1-6-2-3-7(12)4-8(6)14(13)5-9(10)11/h2-4,9H,5,12H2,1H3. The molecule has 5 heteroatoms. The van der Waals surface area contributed by atoms with Crippen molar-refractivity contribution in [1.29, 1.82) is 0 Å². The van der Waals surface area contributed by atoms with Crippen molar-refractivity contribution in [3.63, 3.8) is 0 Å². The Morgan fingerprint density at radius 2 is 2.14 bits per heavy atom. The molecule has 1 aromatic carbocycles. The van der Waals surface area contributed by atoms with Gasteiger partial charge in [-0.2, -0.15) is 0 Å². The summed E-state index contributed by atoms with van der Waals surface area (Å²) < 4.78 is 35.4. The molecule has 0 radical (unpaired) electrons. The first kappa shape index (κ1) is 11.1. The van der Waals surface area contributed by atoms with Crippen molar-refractivity contribution < 1.29 is 13.0 Å². The highest BCUT2D eigenvalue weighted by Gasteiger charge is 2.13. The molecule has 0 bridgehead atoms. The molecule has 2 N–H and O–H groups in total. The highest BCUT2D eigenvalue weighted by molar-refractivity contribution is 7.85. The van der Waals surface area contributed by atoms with Crippen molar-refractivity contribution in [2.45, 2.75) is 18.2 Å². The first-order chi connectivity index (χ1) is 6.50. The largest absolute Gasteiger partial charge is 0.399 e. The molecular weight excluding hydrogens is 208 g/mol. The lowest BCUT2D eigenvalue weighted by Crippen LogP contribution is -2.08. The Balaban J connectivity index is 2.94. The van der Waals surface area contributed by atoms with Crippen LogP contribution in [0.15, 0.2) is 23.1 Å². The molecule has 1 aromatic rings. The average Bonchev–Trinajstić information content (AvgIpc) is 2.08.